The van der Waals surface area contributed by atoms with Gasteiger partial charge in [0.1, 0.15) is 11.5 Å². The Morgan fingerprint density at radius 2 is 2.10 bits per heavy atom. The second kappa shape index (κ2) is 5.64. The van der Waals surface area contributed by atoms with Gasteiger partial charge in [0.15, 0.2) is 5.75 Å². The molecule has 0 aliphatic rings. The first-order valence-corrected chi connectivity index (χ1v) is 6.10. The number of nitrogens with zero attached hydrogens (tertiary/aromatic N) is 2. The summed E-state index contributed by atoms with van der Waals surface area (Å²) in [6.45, 7) is 2.47. The second-order valence-electron chi connectivity index (χ2n) is 4.48. The van der Waals surface area contributed by atoms with Crippen molar-refractivity contribution in [1.82, 2.24) is 0 Å². The second-order valence-corrected chi connectivity index (χ2v) is 4.48. The number of nitro groups is 1. The summed E-state index contributed by atoms with van der Waals surface area (Å²) in [5.74, 6) is 1.94. The quantitative estimate of drug-likeness (QED) is 0.620. The molecule has 2 rings (SSSR count). The fraction of sp³-hybridized carbons (Fsp3) is 0.286. The van der Waals surface area contributed by atoms with Gasteiger partial charge in [-0.3, -0.25) is 10.1 Å². The van der Waals surface area contributed by atoms with E-state index in [9.17, 15) is 10.1 Å². The number of hydrogen-bond acceptors (Lipinski definition) is 5. The number of benzene rings is 1. The number of rotatable bonds is 5. The van der Waals surface area contributed by atoms with Crippen LogP contribution in [0.15, 0.2) is 34.7 Å². The van der Waals surface area contributed by atoms with Crippen LogP contribution >= 0.6 is 0 Å². The number of hydrogen-bond donors (Lipinski definition) is 0. The van der Waals surface area contributed by atoms with E-state index in [0.29, 0.717) is 6.54 Å². The number of nitro benzene ring substituents is 1. The van der Waals surface area contributed by atoms with Crippen LogP contribution in [0.3, 0.4) is 0 Å². The number of anilines is 1. The largest absolute Gasteiger partial charge is 0.490 e. The Labute approximate surface area is 116 Å². The summed E-state index contributed by atoms with van der Waals surface area (Å²) in [5.41, 5.74) is 0.778. The molecule has 0 spiro atoms. The van der Waals surface area contributed by atoms with Gasteiger partial charge in [0.2, 0.25) is 0 Å². The number of ether oxygens (including phenoxy) is 1. The molecule has 1 aromatic carbocycles. The molecule has 20 heavy (non-hydrogen) atoms. The maximum atomic E-state index is 10.9. The molecule has 106 valence electrons. The summed E-state index contributed by atoms with van der Waals surface area (Å²) in [6.07, 6.45) is 0. The lowest BCUT2D eigenvalue weighted by Crippen LogP contribution is -2.16. The van der Waals surface area contributed by atoms with Crippen molar-refractivity contribution < 1.29 is 14.1 Å². The molecule has 0 N–H and O–H groups in total. The Hall–Kier alpha value is -2.50. The lowest BCUT2D eigenvalue weighted by Gasteiger charge is -2.18. The third-order valence-electron chi connectivity index (χ3n) is 2.99. The van der Waals surface area contributed by atoms with Crippen LogP contribution in [0.4, 0.5) is 11.4 Å². The topological polar surface area (TPSA) is 68.8 Å². The highest BCUT2D eigenvalue weighted by molar-refractivity contribution is 5.59. The van der Waals surface area contributed by atoms with E-state index in [2.05, 4.69) is 0 Å². The molecule has 1 heterocycles. The van der Waals surface area contributed by atoms with E-state index in [0.717, 1.165) is 17.2 Å². The van der Waals surface area contributed by atoms with E-state index in [1.807, 2.05) is 31.0 Å². The first-order chi connectivity index (χ1) is 9.51. The monoisotopic (exact) mass is 276 g/mol. The summed E-state index contributed by atoms with van der Waals surface area (Å²) in [7, 11) is 3.31. The van der Waals surface area contributed by atoms with Crippen LogP contribution in [0.2, 0.25) is 0 Å². The molecule has 0 amide bonds. The summed E-state index contributed by atoms with van der Waals surface area (Å²) >= 11 is 0. The van der Waals surface area contributed by atoms with Crippen molar-refractivity contribution in [3.63, 3.8) is 0 Å². The number of aryl methyl sites for hydroxylation is 1. The van der Waals surface area contributed by atoms with Gasteiger partial charge in [-0.1, -0.05) is 0 Å². The van der Waals surface area contributed by atoms with E-state index < -0.39 is 4.92 Å². The first-order valence-electron chi connectivity index (χ1n) is 6.10. The maximum Gasteiger partial charge on any atom is 0.311 e. The van der Waals surface area contributed by atoms with E-state index >= 15 is 0 Å². The van der Waals surface area contributed by atoms with Gasteiger partial charge in [-0.05, 0) is 25.1 Å². The molecule has 0 aliphatic carbocycles. The zero-order chi connectivity index (χ0) is 14.7. The van der Waals surface area contributed by atoms with Crippen LogP contribution in [-0.2, 0) is 6.54 Å². The summed E-state index contributed by atoms with van der Waals surface area (Å²) < 4.78 is 10.6. The Balaban J connectivity index is 2.21. The normalized spacial score (nSPS) is 10.3. The van der Waals surface area contributed by atoms with Gasteiger partial charge in [-0.2, -0.15) is 0 Å². The van der Waals surface area contributed by atoms with Crippen LogP contribution in [0.1, 0.15) is 11.5 Å². The minimum atomic E-state index is -0.460. The van der Waals surface area contributed by atoms with Crippen molar-refractivity contribution in [2.45, 2.75) is 13.5 Å². The molecule has 6 nitrogen and oxygen atoms in total. The Morgan fingerprint density at radius 3 is 2.65 bits per heavy atom. The Morgan fingerprint density at radius 1 is 1.35 bits per heavy atom. The summed E-state index contributed by atoms with van der Waals surface area (Å²) in [4.78, 5) is 12.3. The van der Waals surface area contributed by atoms with Gasteiger partial charge >= 0.3 is 5.69 Å². The average Bonchev–Trinajstić information content (AvgIpc) is 2.83. The van der Waals surface area contributed by atoms with E-state index in [1.54, 1.807) is 12.1 Å². The van der Waals surface area contributed by atoms with E-state index in [4.69, 9.17) is 9.15 Å². The zero-order valence-electron chi connectivity index (χ0n) is 11.6. The molecule has 0 saturated heterocycles. The van der Waals surface area contributed by atoms with Crippen molar-refractivity contribution in [1.29, 1.82) is 0 Å². The van der Waals surface area contributed by atoms with Gasteiger partial charge in [0.25, 0.3) is 0 Å². The van der Waals surface area contributed by atoms with Crippen molar-refractivity contribution in [2.24, 2.45) is 0 Å². The summed E-state index contributed by atoms with van der Waals surface area (Å²) in [6, 6.07) is 8.59. The molecule has 0 bridgehead atoms. The fourth-order valence-electron chi connectivity index (χ4n) is 1.95. The Kier molecular flexibility index (Phi) is 3.93. The van der Waals surface area contributed by atoms with Crippen molar-refractivity contribution >= 4 is 11.4 Å². The van der Waals surface area contributed by atoms with Crippen LogP contribution in [0.5, 0.6) is 5.75 Å². The minimum Gasteiger partial charge on any atom is -0.490 e. The van der Waals surface area contributed by atoms with Gasteiger partial charge < -0.3 is 14.1 Å². The van der Waals surface area contributed by atoms with Crippen molar-refractivity contribution in [2.75, 3.05) is 19.1 Å². The lowest BCUT2D eigenvalue weighted by molar-refractivity contribution is -0.385. The molecule has 1 aromatic heterocycles. The molecule has 2 aromatic rings. The summed E-state index contributed by atoms with van der Waals surface area (Å²) in [5, 5.41) is 10.9. The highest BCUT2D eigenvalue weighted by Gasteiger charge is 2.16. The van der Waals surface area contributed by atoms with Crippen LogP contribution in [0, 0.1) is 17.0 Å². The number of methoxy groups -OCH3 is 1. The Bertz CT molecular complexity index is 621. The molecule has 0 fully saturated rings. The third-order valence-corrected chi connectivity index (χ3v) is 2.99. The predicted octanol–water partition coefficient (Wildman–Crippen LogP) is 3.14. The van der Waals surface area contributed by atoms with Gasteiger partial charge in [0, 0.05) is 24.9 Å². The van der Waals surface area contributed by atoms with Crippen molar-refractivity contribution in [3.8, 4) is 5.75 Å². The molecular formula is C14H16N2O4. The van der Waals surface area contributed by atoms with E-state index in [1.165, 1.54) is 13.2 Å². The predicted molar refractivity (Wildman–Crippen MR) is 75.2 cm³/mol. The third kappa shape index (κ3) is 2.90. The average molecular weight is 276 g/mol. The first kappa shape index (κ1) is 13.9. The molecule has 6 heteroatoms. The highest BCUT2D eigenvalue weighted by atomic mass is 16.6. The smallest absolute Gasteiger partial charge is 0.311 e. The van der Waals surface area contributed by atoms with Gasteiger partial charge in [0.05, 0.1) is 18.6 Å². The van der Waals surface area contributed by atoms with Gasteiger partial charge in [-0.15, -0.1) is 0 Å². The van der Waals surface area contributed by atoms with Crippen LogP contribution in [0.25, 0.3) is 0 Å². The molecular weight excluding hydrogens is 260 g/mol. The van der Waals surface area contributed by atoms with E-state index in [-0.39, 0.29) is 11.4 Å². The van der Waals surface area contributed by atoms with Crippen LogP contribution in [-0.4, -0.2) is 19.1 Å². The maximum absolute atomic E-state index is 10.9. The molecule has 0 unspecified atom stereocenters. The number of furan rings is 1. The molecule has 0 radical (unpaired) electrons. The molecule has 0 saturated carbocycles. The fourth-order valence-corrected chi connectivity index (χ4v) is 1.95. The zero-order valence-corrected chi connectivity index (χ0v) is 11.6. The lowest BCUT2D eigenvalue weighted by atomic mass is 10.2. The standard InChI is InChI=1S/C14H16N2O4/c1-10-4-6-12(20-10)9-15(2)11-5-7-13(16(17)18)14(8-11)19-3/h4-8H,9H2,1-3H3. The highest BCUT2D eigenvalue weighted by Crippen LogP contribution is 2.31. The van der Waals surface area contributed by atoms with Crippen molar-refractivity contribution in [3.05, 3.63) is 52.0 Å². The minimum absolute atomic E-state index is 0.0431. The van der Waals surface area contributed by atoms with Gasteiger partial charge in [-0.25, -0.2) is 0 Å². The SMILES string of the molecule is COc1cc(N(C)Cc2ccc(C)o2)ccc1[N+](=O)[O-]. The molecule has 0 atom stereocenters. The van der Waals surface area contributed by atoms with Crippen LogP contribution < -0.4 is 9.64 Å². The molecule has 0 aliphatic heterocycles.